The highest BCUT2D eigenvalue weighted by Crippen LogP contribution is 2.14. The molecule has 98 valence electrons. The summed E-state index contributed by atoms with van der Waals surface area (Å²) in [5.41, 5.74) is 1.60. The molecule has 1 aromatic heterocycles. The SMILES string of the molecule is CN(Cc1cccc(Cl)c1)C(=O)c1ccnc(Br)c1. The summed E-state index contributed by atoms with van der Waals surface area (Å²) >= 11 is 9.18. The lowest BCUT2D eigenvalue weighted by atomic mass is 10.2. The van der Waals surface area contributed by atoms with Crippen LogP contribution in [0.3, 0.4) is 0 Å². The molecular formula is C14H12BrClN2O. The van der Waals surface area contributed by atoms with Crippen molar-refractivity contribution in [1.82, 2.24) is 9.88 Å². The van der Waals surface area contributed by atoms with Crippen molar-refractivity contribution in [3.8, 4) is 0 Å². The van der Waals surface area contributed by atoms with Gasteiger partial charge in [0.05, 0.1) is 0 Å². The first-order valence-electron chi connectivity index (χ1n) is 5.68. The van der Waals surface area contributed by atoms with Crippen LogP contribution in [0.2, 0.25) is 5.02 Å². The van der Waals surface area contributed by atoms with E-state index in [-0.39, 0.29) is 5.91 Å². The Morgan fingerprint density at radius 1 is 1.37 bits per heavy atom. The Morgan fingerprint density at radius 3 is 2.84 bits per heavy atom. The molecule has 19 heavy (non-hydrogen) atoms. The van der Waals surface area contributed by atoms with Crippen LogP contribution in [-0.4, -0.2) is 22.8 Å². The van der Waals surface area contributed by atoms with E-state index in [1.165, 1.54) is 0 Å². The van der Waals surface area contributed by atoms with E-state index in [1.54, 1.807) is 30.3 Å². The van der Waals surface area contributed by atoms with Gasteiger partial charge in [0.1, 0.15) is 4.60 Å². The Balaban J connectivity index is 2.12. The van der Waals surface area contributed by atoms with Gasteiger partial charge < -0.3 is 4.90 Å². The number of carbonyl (C=O) groups is 1. The molecule has 0 unspecified atom stereocenters. The van der Waals surface area contributed by atoms with Gasteiger partial charge in [-0.05, 0) is 45.8 Å². The number of halogens is 2. The molecule has 2 rings (SSSR count). The third-order valence-electron chi connectivity index (χ3n) is 2.63. The summed E-state index contributed by atoms with van der Waals surface area (Å²) in [6.07, 6.45) is 1.60. The van der Waals surface area contributed by atoms with Crippen LogP contribution < -0.4 is 0 Å². The van der Waals surface area contributed by atoms with Crippen LogP contribution in [-0.2, 0) is 6.54 Å². The van der Waals surface area contributed by atoms with Gasteiger partial charge in [-0.25, -0.2) is 4.98 Å². The van der Waals surface area contributed by atoms with Gasteiger partial charge in [-0.3, -0.25) is 4.79 Å². The van der Waals surface area contributed by atoms with Crippen LogP contribution in [0.1, 0.15) is 15.9 Å². The van der Waals surface area contributed by atoms with E-state index in [2.05, 4.69) is 20.9 Å². The van der Waals surface area contributed by atoms with Gasteiger partial charge in [0, 0.05) is 30.4 Å². The second kappa shape index (κ2) is 6.17. The van der Waals surface area contributed by atoms with Crippen LogP contribution in [0.5, 0.6) is 0 Å². The number of pyridine rings is 1. The van der Waals surface area contributed by atoms with E-state index >= 15 is 0 Å². The van der Waals surface area contributed by atoms with E-state index < -0.39 is 0 Å². The third kappa shape index (κ3) is 3.78. The van der Waals surface area contributed by atoms with Crippen LogP contribution in [0.15, 0.2) is 47.2 Å². The molecule has 0 aliphatic rings. The van der Waals surface area contributed by atoms with Gasteiger partial charge >= 0.3 is 0 Å². The molecule has 1 heterocycles. The number of rotatable bonds is 3. The van der Waals surface area contributed by atoms with Crippen LogP contribution in [0, 0.1) is 0 Å². The summed E-state index contributed by atoms with van der Waals surface area (Å²) in [6, 6.07) is 10.9. The summed E-state index contributed by atoms with van der Waals surface area (Å²) in [5, 5.41) is 0.671. The van der Waals surface area contributed by atoms with Crippen molar-refractivity contribution in [2.75, 3.05) is 7.05 Å². The number of aromatic nitrogens is 1. The van der Waals surface area contributed by atoms with Gasteiger partial charge in [-0.2, -0.15) is 0 Å². The number of benzene rings is 1. The van der Waals surface area contributed by atoms with Crippen LogP contribution in [0.25, 0.3) is 0 Å². The Hall–Kier alpha value is -1.39. The zero-order valence-electron chi connectivity index (χ0n) is 10.3. The summed E-state index contributed by atoms with van der Waals surface area (Å²) < 4.78 is 0.648. The van der Waals surface area contributed by atoms with E-state index in [0.717, 1.165) is 5.56 Å². The van der Waals surface area contributed by atoms with Crippen molar-refractivity contribution in [3.05, 3.63) is 63.3 Å². The van der Waals surface area contributed by atoms with E-state index in [4.69, 9.17) is 11.6 Å². The zero-order chi connectivity index (χ0) is 13.8. The van der Waals surface area contributed by atoms with Crippen molar-refractivity contribution in [2.24, 2.45) is 0 Å². The molecule has 1 aromatic carbocycles. The molecule has 0 aliphatic heterocycles. The predicted octanol–water partition coefficient (Wildman–Crippen LogP) is 3.77. The topological polar surface area (TPSA) is 33.2 Å². The first-order chi connectivity index (χ1) is 9.06. The summed E-state index contributed by atoms with van der Waals surface area (Å²) in [4.78, 5) is 17.9. The average Bonchev–Trinajstić information content (AvgIpc) is 2.38. The first-order valence-corrected chi connectivity index (χ1v) is 6.85. The Kier molecular flexibility index (Phi) is 4.56. The number of hydrogen-bond donors (Lipinski definition) is 0. The van der Waals surface area contributed by atoms with Crippen molar-refractivity contribution in [2.45, 2.75) is 6.54 Å². The molecule has 0 saturated carbocycles. The molecule has 3 nitrogen and oxygen atoms in total. The number of hydrogen-bond acceptors (Lipinski definition) is 2. The second-order valence-corrected chi connectivity index (χ2v) is 5.41. The summed E-state index contributed by atoms with van der Waals surface area (Å²) in [6.45, 7) is 0.513. The fraction of sp³-hybridized carbons (Fsp3) is 0.143. The lowest BCUT2D eigenvalue weighted by Gasteiger charge is -2.17. The van der Waals surface area contributed by atoms with Crippen molar-refractivity contribution < 1.29 is 4.79 Å². The number of amides is 1. The van der Waals surface area contributed by atoms with Crippen molar-refractivity contribution in [3.63, 3.8) is 0 Å². The minimum atomic E-state index is -0.0527. The molecule has 0 fully saturated rings. The van der Waals surface area contributed by atoms with Gasteiger partial charge in [-0.15, -0.1) is 0 Å². The molecule has 0 N–H and O–H groups in total. The molecule has 0 bridgehead atoms. The highest BCUT2D eigenvalue weighted by atomic mass is 79.9. The largest absolute Gasteiger partial charge is 0.337 e. The van der Waals surface area contributed by atoms with E-state index in [9.17, 15) is 4.79 Å². The Morgan fingerprint density at radius 2 is 2.16 bits per heavy atom. The van der Waals surface area contributed by atoms with Crippen LogP contribution in [0.4, 0.5) is 0 Å². The maximum absolute atomic E-state index is 12.2. The molecule has 0 atom stereocenters. The normalized spacial score (nSPS) is 10.3. The predicted molar refractivity (Wildman–Crippen MR) is 79.2 cm³/mol. The van der Waals surface area contributed by atoms with E-state index in [1.807, 2.05) is 24.3 Å². The van der Waals surface area contributed by atoms with E-state index in [0.29, 0.717) is 21.7 Å². The molecule has 1 amide bonds. The lowest BCUT2D eigenvalue weighted by Crippen LogP contribution is -2.26. The quantitative estimate of drug-likeness (QED) is 0.798. The van der Waals surface area contributed by atoms with Crippen molar-refractivity contribution >= 4 is 33.4 Å². The minimum absolute atomic E-state index is 0.0527. The van der Waals surface area contributed by atoms with Gasteiger partial charge in [0.15, 0.2) is 0 Å². The monoisotopic (exact) mass is 338 g/mol. The van der Waals surface area contributed by atoms with Gasteiger partial charge in [0.25, 0.3) is 5.91 Å². The maximum atomic E-state index is 12.2. The minimum Gasteiger partial charge on any atom is -0.337 e. The zero-order valence-corrected chi connectivity index (χ0v) is 12.6. The molecule has 0 radical (unpaired) electrons. The molecule has 2 aromatic rings. The highest BCUT2D eigenvalue weighted by Gasteiger charge is 2.12. The Labute approximate surface area is 125 Å². The van der Waals surface area contributed by atoms with Gasteiger partial charge in [-0.1, -0.05) is 23.7 Å². The average molecular weight is 340 g/mol. The van der Waals surface area contributed by atoms with Crippen LogP contribution >= 0.6 is 27.5 Å². The second-order valence-electron chi connectivity index (χ2n) is 4.16. The fourth-order valence-electron chi connectivity index (χ4n) is 1.74. The summed E-state index contributed by atoms with van der Waals surface area (Å²) in [5.74, 6) is -0.0527. The standard InChI is InChI=1S/C14H12BrClN2O/c1-18(9-10-3-2-4-12(16)7-10)14(19)11-5-6-17-13(15)8-11/h2-8H,9H2,1H3. The fourth-order valence-corrected chi connectivity index (χ4v) is 2.31. The van der Waals surface area contributed by atoms with Gasteiger partial charge in [0.2, 0.25) is 0 Å². The highest BCUT2D eigenvalue weighted by molar-refractivity contribution is 9.10. The third-order valence-corrected chi connectivity index (χ3v) is 3.30. The molecule has 0 spiro atoms. The molecule has 5 heteroatoms. The lowest BCUT2D eigenvalue weighted by molar-refractivity contribution is 0.0785. The maximum Gasteiger partial charge on any atom is 0.254 e. The summed E-state index contributed by atoms with van der Waals surface area (Å²) in [7, 11) is 1.76. The van der Waals surface area contributed by atoms with Crippen molar-refractivity contribution in [1.29, 1.82) is 0 Å². The molecule has 0 aliphatic carbocycles. The number of carbonyl (C=O) groups excluding carboxylic acids is 1. The molecular weight excluding hydrogens is 328 g/mol. The molecule has 0 saturated heterocycles. The first kappa shape index (κ1) is 14.0. The Bertz CT molecular complexity index is 604. The smallest absolute Gasteiger partial charge is 0.254 e. The number of nitrogens with zero attached hydrogens (tertiary/aromatic N) is 2.